The minimum Gasteiger partial charge on any atom is -0.348 e. The van der Waals surface area contributed by atoms with Crippen LogP contribution in [0, 0.1) is 22.3 Å². The van der Waals surface area contributed by atoms with Crippen molar-refractivity contribution in [3.63, 3.8) is 0 Å². The molecule has 7 nitrogen and oxygen atoms in total. The summed E-state index contributed by atoms with van der Waals surface area (Å²) in [6.45, 7) is 3.64. The summed E-state index contributed by atoms with van der Waals surface area (Å²) in [4.78, 5) is 15.4. The van der Waals surface area contributed by atoms with Gasteiger partial charge >= 0.3 is 0 Å². The molecule has 33 heavy (non-hydrogen) atoms. The lowest BCUT2D eigenvalue weighted by Crippen LogP contribution is -2.24. The number of benzene rings is 2. The topological polar surface area (TPSA) is 112 Å². The van der Waals surface area contributed by atoms with Gasteiger partial charge in [-0.1, -0.05) is 47.2 Å². The second-order valence-corrected chi connectivity index (χ2v) is 10.4. The molecule has 0 aliphatic heterocycles. The lowest BCUT2D eigenvalue weighted by molar-refractivity contribution is 0.0946. The van der Waals surface area contributed by atoms with Crippen LogP contribution in [0.1, 0.15) is 35.3 Å². The summed E-state index contributed by atoms with van der Waals surface area (Å²) >= 11 is 6.35. The molecule has 0 spiro atoms. The number of rotatable bonds is 7. The first-order valence-electron chi connectivity index (χ1n) is 9.35. The highest BCUT2D eigenvalue weighted by Gasteiger charge is 2.26. The molecule has 0 saturated carbocycles. The van der Waals surface area contributed by atoms with Gasteiger partial charge in [0.1, 0.15) is 4.90 Å². The minimum atomic E-state index is -4.36. The van der Waals surface area contributed by atoms with Crippen LogP contribution in [-0.2, 0) is 22.0 Å². The average Bonchev–Trinajstić information content (AvgIpc) is 3.17. The minimum absolute atomic E-state index is 0.0698. The van der Waals surface area contributed by atoms with Crippen LogP contribution in [0.4, 0.5) is 13.9 Å². The summed E-state index contributed by atoms with van der Waals surface area (Å²) in [5, 5.41) is 9.99. The van der Waals surface area contributed by atoms with E-state index in [9.17, 15) is 27.3 Å². The van der Waals surface area contributed by atoms with Gasteiger partial charge in [-0.15, -0.1) is 0 Å². The van der Waals surface area contributed by atoms with E-state index in [0.29, 0.717) is 16.9 Å². The first kappa shape index (κ1) is 24.6. The highest BCUT2D eigenvalue weighted by molar-refractivity contribution is 7.93. The molecule has 0 bridgehead atoms. The molecule has 1 aromatic heterocycles. The second kappa shape index (κ2) is 9.43. The molecular formula is C21H17ClF2N4O3S2. The number of carbonyl (C=O) groups is 1. The highest BCUT2D eigenvalue weighted by atomic mass is 35.5. The Morgan fingerprint density at radius 2 is 1.88 bits per heavy atom. The van der Waals surface area contributed by atoms with Crippen molar-refractivity contribution >= 4 is 44.0 Å². The molecule has 3 aromatic rings. The van der Waals surface area contributed by atoms with Crippen LogP contribution >= 0.6 is 22.9 Å². The largest absolute Gasteiger partial charge is 0.348 e. The number of nitrogens with zero attached hydrogens (tertiary/aromatic N) is 2. The maximum absolute atomic E-state index is 14.7. The lowest BCUT2D eigenvalue weighted by atomic mass is 9.86. The fraction of sp³-hybridized carbons (Fsp3) is 0.190. The number of anilines is 1. The Morgan fingerprint density at radius 3 is 2.45 bits per heavy atom. The van der Waals surface area contributed by atoms with Gasteiger partial charge in [-0.3, -0.25) is 9.52 Å². The molecule has 0 fully saturated rings. The van der Waals surface area contributed by atoms with Crippen molar-refractivity contribution in [1.29, 1.82) is 5.26 Å². The van der Waals surface area contributed by atoms with Crippen LogP contribution in [0.25, 0.3) is 0 Å². The van der Waals surface area contributed by atoms with Crippen molar-refractivity contribution in [1.82, 2.24) is 10.3 Å². The standard InChI is InChI=1S/C21H17ClF2N4O3S2/c1-21(2,11-25)13-5-3-12(4-6-13)9-26-19(29)14-7-8-15(17(22)18(14)24)33(30,31)28-20-27-10-16(23)32-20/h3-8,10H,9H2,1-2H3,(H,26,29)(H,27,28). The number of nitrogens with one attached hydrogen (secondary N) is 2. The maximum atomic E-state index is 14.7. The number of sulfonamides is 1. The molecular weight excluding hydrogens is 494 g/mol. The van der Waals surface area contributed by atoms with E-state index in [0.717, 1.165) is 23.9 Å². The van der Waals surface area contributed by atoms with Gasteiger partial charge in [0.05, 0.1) is 28.3 Å². The predicted molar refractivity (Wildman–Crippen MR) is 121 cm³/mol. The van der Waals surface area contributed by atoms with Gasteiger partial charge in [-0.25, -0.2) is 17.8 Å². The highest BCUT2D eigenvalue weighted by Crippen LogP contribution is 2.29. The third-order valence-corrected chi connectivity index (χ3v) is 7.38. The Balaban J connectivity index is 1.74. The monoisotopic (exact) mass is 510 g/mol. The van der Waals surface area contributed by atoms with Crippen molar-refractivity contribution in [2.75, 3.05) is 4.72 Å². The summed E-state index contributed by atoms with van der Waals surface area (Å²) in [5.74, 6) is -2.01. The first-order valence-corrected chi connectivity index (χ1v) is 12.0. The number of nitriles is 1. The Bertz CT molecular complexity index is 1350. The second-order valence-electron chi connectivity index (χ2n) is 7.43. The lowest BCUT2D eigenvalue weighted by Gasteiger charge is -2.16. The third-order valence-electron chi connectivity index (χ3n) is 4.69. The number of thiazole rings is 1. The normalized spacial score (nSPS) is 11.6. The van der Waals surface area contributed by atoms with E-state index >= 15 is 0 Å². The van der Waals surface area contributed by atoms with Gasteiger partial charge < -0.3 is 5.32 Å². The van der Waals surface area contributed by atoms with Crippen LogP contribution in [0.5, 0.6) is 0 Å². The Hall–Kier alpha value is -3.07. The third kappa shape index (κ3) is 5.47. The average molecular weight is 511 g/mol. The molecule has 2 aromatic carbocycles. The van der Waals surface area contributed by atoms with E-state index in [2.05, 4.69) is 16.4 Å². The first-order chi connectivity index (χ1) is 15.4. The fourth-order valence-electron chi connectivity index (χ4n) is 2.77. The SMILES string of the molecule is CC(C)(C#N)c1ccc(CNC(=O)c2ccc(S(=O)(=O)Nc3ncc(F)s3)c(Cl)c2F)cc1. The van der Waals surface area contributed by atoms with Crippen LogP contribution in [0.15, 0.2) is 47.5 Å². The van der Waals surface area contributed by atoms with Crippen molar-refractivity contribution in [2.45, 2.75) is 30.7 Å². The van der Waals surface area contributed by atoms with Crippen LogP contribution < -0.4 is 10.0 Å². The molecule has 3 rings (SSSR count). The van der Waals surface area contributed by atoms with Gasteiger partial charge in [-0.2, -0.15) is 9.65 Å². The summed E-state index contributed by atoms with van der Waals surface area (Å²) < 4.78 is 54.7. The van der Waals surface area contributed by atoms with E-state index in [1.807, 2.05) is 4.72 Å². The van der Waals surface area contributed by atoms with Gasteiger partial charge in [0.2, 0.25) is 0 Å². The van der Waals surface area contributed by atoms with Gasteiger partial charge in [-0.05, 0) is 37.1 Å². The van der Waals surface area contributed by atoms with Crippen molar-refractivity contribution in [2.24, 2.45) is 0 Å². The fourth-order valence-corrected chi connectivity index (χ4v) is 5.09. The number of hydrogen-bond donors (Lipinski definition) is 2. The number of amides is 1. The molecule has 0 aliphatic rings. The zero-order valence-electron chi connectivity index (χ0n) is 17.3. The number of carbonyl (C=O) groups excluding carboxylic acids is 1. The summed E-state index contributed by atoms with van der Waals surface area (Å²) in [6, 6.07) is 11.2. The Morgan fingerprint density at radius 1 is 1.21 bits per heavy atom. The summed E-state index contributed by atoms with van der Waals surface area (Å²) in [7, 11) is -4.36. The van der Waals surface area contributed by atoms with Crippen LogP contribution in [0.2, 0.25) is 5.02 Å². The van der Waals surface area contributed by atoms with E-state index in [1.54, 1.807) is 38.1 Å². The van der Waals surface area contributed by atoms with Crippen LogP contribution in [0.3, 0.4) is 0 Å². The molecule has 0 atom stereocenters. The zero-order chi connectivity index (χ0) is 24.4. The van der Waals surface area contributed by atoms with E-state index < -0.39 is 47.8 Å². The number of halogens is 3. The molecule has 2 N–H and O–H groups in total. The smallest absolute Gasteiger partial charge is 0.265 e. The molecule has 0 saturated heterocycles. The molecule has 1 amide bonds. The van der Waals surface area contributed by atoms with Crippen molar-refractivity contribution in [3.8, 4) is 6.07 Å². The van der Waals surface area contributed by atoms with Crippen molar-refractivity contribution < 1.29 is 22.0 Å². The van der Waals surface area contributed by atoms with Gasteiger partial charge in [0.25, 0.3) is 15.9 Å². The number of aromatic nitrogens is 1. The van der Waals surface area contributed by atoms with E-state index in [1.165, 1.54) is 0 Å². The van der Waals surface area contributed by atoms with E-state index in [4.69, 9.17) is 11.6 Å². The predicted octanol–water partition coefficient (Wildman–Crippen LogP) is 4.61. The van der Waals surface area contributed by atoms with E-state index in [-0.39, 0.29) is 11.7 Å². The zero-order valence-corrected chi connectivity index (χ0v) is 19.7. The van der Waals surface area contributed by atoms with Gasteiger partial charge in [0.15, 0.2) is 16.1 Å². The van der Waals surface area contributed by atoms with Crippen LogP contribution in [-0.4, -0.2) is 19.3 Å². The summed E-state index contributed by atoms with van der Waals surface area (Å²) in [6.07, 6.45) is 0.829. The molecule has 0 unspecified atom stereocenters. The van der Waals surface area contributed by atoms with Gasteiger partial charge in [0, 0.05) is 6.54 Å². The molecule has 0 radical (unpaired) electrons. The molecule has 0 aliphatic carbocycles. The Kier molecular flexibility index (Phi) is 7.02. The molecule has 1 heterocycles. The molecule has 12 heteroatoms. The Labute approximate surface area is 198 Å². The molecule has 172 valence electrons. The number of hydrogen-bond acceptors (Lipinski definition) is 6. The van der Waals surface area contributed by atoms with Crippen molar-refractivity contribution in [3.05, 3.63) is 75.3 Å². The maximum Gasteiger partial charge on any atom is 0.265 e. The quantitative estimate of drug-likeness (QED) is 0.482. The summed E-state index contributed by atoms with van der Waals surface area (Å²) in [5.41, 5.74) is 0.420.